The molecule has 32 heavy (non-hydrogen) atoms. The summed E-state index contributed by atoms with van der Waals surface area (Å²) in [6, 6.07) is 15.4. The number of nitrogens with one attached hydrogen (secondary N) is 1. The van der Waals surface area contributed by atoms with Crippen molar-refractivity contribution in [3.05, 3.63) is 83.6 Å². The van der Waals surface area contributed by atoms with Gasteiger partial charge in [0.2, 0.25) is 0 Å². The smallest absolute Gasteiger partial charge is 0.341 e. The molecule has 2 N–H and O–H groups in total. The fraction of sp³-hybridized carbons (Fsp3) is 0.167. The van der Waals surface area contributed by atoms with Crippen molar-refractivity contribution in [1.29, 1.82) is 0 Å². The fourth-order valence-electron chi connectivity index (χ4n) is 2.58. The first-order valence-corrected chi connectivity index (χ1v) is 11.3. The first kappa shape index (κ1) is 22.8. The second kappa shape index (κ2) is 9.98. The van der Waals surface area contributed by atoms with Crippen molar-refractivity contribution in [2.45, 2.75) is 18.7 Å². The van der Waals surface area contributed by atoms with E-state index in [0.717, 1.165) is 0 Å². The molecule has 0 unspecified atom stereocenters. The summed E-state index contributed by atoms with van der Waals surface area (Å²) in [7, 11) is -3.77. The Morgan fingerprint density at radius 2 is 1.75 bits per heavy atom. The van der Waals surface area contributed by atoms with Gasteiger partial charge in [0.05, 0.1) is 11.5 Å². The maximum Gasteiger partial charge on any atom is 0.341 e. The molecule has 0 fully saturated rings. The number of carbonyl (C=O) groups is 1. The van der Waals surface area contributed by atoms with Crippen molar-refractivity contribution in [1.82, 2.24) is 4.98 Å². The third-order valence-corrected chi connectivity index (χ3v) is 5.55. The van der Waals surface area contributed by atoms with Crippen molar-refractivity contribution >= 4 is 21.8 Å². The topological polar surface area (TPSA) is 106 Å². The maximum atomic E-state index is 12.5. The van der Waals surface area contributed by atoms with Gasteiger partial charge in [-0.25, -0.2) is 18.2 Å². The lowest BCUT2D eigenvalue weighted by Gasteiger charge is -2.08. The number of benzene rings is 2. The molecule has 8 heteroatoms. The van der Waals surface area contributed by atoms with Crippen LogP contribution in [0.1, 0.15) is 35.3 Å². The van der Waals surface area contributed by atoms with Crippen LogP contribution in [0, 0.1) is 17.8 Å². The Balaban J connectivity index is 1.75. The zero-order valence-electron chi connectivity index (χ0n) is 17.6. The van der Waals surface area contributed by atoms with Gasteiger partial charge < -0.3 is 9.84 Å². The molecule has 164 valence electrons. The monoisotopic (exact) mass is 450 g/mol. The van der Waals surface area contributed by atoms with Crippen LogP contribution in [0.5, 0.6) is 5.75 Å². The van der Waals surface area contributed by atoms with Crippen LogP contribution in [0.2, 0.25) is 0 Å². The molecule has 0 saturated heterocycles. The largest absolute Gasteiger partial charge is 0.507 e. The van der Waals surface area contributed by atoms with Crippen LogP contribution in [0.4, 0.5) is 5.82 Å². The number of aromatic hydroxyl groups is 1. The van der Waals surface area contributed by atoms with Crippen LogP contribution >= 0.6 is 0 Å². The Labute approximate surface area is 187 Å². The number of rotatable bonds is 6. The first-order chi connectivity index (χ1) is 15.2. The summed E-state index contributed by atoms with van der Waals surface area (Å²) in [5, 5.41) is 9.95. The number of hydrogen-bond acceptors (Lipinski definition) is 6. The van der Waals surface area contributed by atoms with E-state index in [1.54, 1.807) is 36.4 Å². The molecule has 0 aliphatic rings. The summed E-state index contributed by atoms with van der Waals surface area (Å²) in [6.07, 6.45) is 1.50. The second-order valence-corrected chi connectivity index (χ2v) is 9.00. The Kier molecular flexibility index (Phi) is 7.13. The van der Waals surface area contributed by atoms with Crippen molar-refractivity contribution in [2.24, 2.45) is 5.92 Å². The number of esters is 1. The van der Waals surface area contributed by atoms with E-state index in [1.165, 1.54) is 30.5 Å². The SMILES string of the molecule is CC(C)COC(=O)c1cc(C#Cc2ccc(S(=O)(=O)Nc3ccccn3)cc2)ccc1O. The molecule has 0 atom stereocenters. The molecule has 0 aliphatic carbocycles. The number of nitrogens with zero attached hydrogens (tertiary/aromatic N) is 1. The highest BCUT2D eigenvalue weighted by atomic mass is 32.2. The molecule has 3 rings (SSSR count). The molecule has 7 nitrogen and oxygen atoms in total. The molecule has 0 saturated carbocycles. The van der Waals surface area contributed by atoms with Gasteiger partial charge in [0.15, 0.2) is 0 Å². The van der Waals surface area contributed by atoms with Gasteiger partial charge in [-0.15, -0.1) is 0 Å². The van der Waals surface area contributed by atoms with E-state index < -0.39 is 16.0 Å². The van der Waals surface area contributed by atoms with Gasteiger partial charge in [-0.2, -0.15) is 0 Å². The predicted molar refractivity (Wildman–Crippen MR) is 121 cm³/mol. The summed E-state index contributed by atoms with van der Waals surface area (Å²) < 4.78 is 32.5. The molecule has 0 bridgehead atoms. The summed E-state index contributed by atoms with van der Waals surface area (Å²) in [5.41, 5.74) is 1.13. The summed E-state index contributed by atoms with van der Waals surface area (Å²) >= 11 is 0. The highest BCUT2D eigenvalue weighted by molar-refractivity contribution is 7.92. The van der Waals surface area contributed by atoms with Gasteiger partial charge in [-0.05, 0) is 60.5 Å². The molecule has 0 radical (unpaired) electrons. The summed E-state index contributed by atoms with van der Waals surface area (Å²) in [4.78, 5) is 16.2. The number of phenols is 1. The van der Waals surface area contributed by atoms with Crippen molar-refractivity contribution in [3.8, 4) is 17.6 Å². The number of carbonyl (C=O) groups excluding carboxylic acids is 1. The normalized spacial score (nSPS) is 10.8. The van der Waals surface area contributed by atoms with Gasteiger partial charge in [-0.3, -0.25) is 4.72 Å². The Morgan fingerprint density at radius 1 is 1.06 bits per heavy atom. The Hall–Kier alpha value is -3.83. The highest BCUT2D eigenvalue weighted by Crippen LogP contribution is 2.20. The first-order valence-electron chi connectivity index (χ1n) is 9.80. The Morgan fingerprint density at radius 3 is 2.41 bits per heavy atom. The number of hydrogen-bond donors (Lipinski definition) is 2. The number of aromatic nitrogens is 1. The van der Waals surface area contributed by atoms with Crippen molar-refractivity contribution in [3.63, 3.8) is 0 Å². The van der Waals surface area contributed by atoms with Crippen LogP contribution in [-0.4, -0.2) is 31.1 Å². The maximum absolute atomic E-state index is 12.5. The highest BCUT2D eigenvalue weighted by Gasteiger charge is 2.15. The van der Waals surface area contributed by atoms with E-state index in [1.807, 2.05) is 13.8 Å². The van der Waals surface area contributed by atoms with E-state index >= 15 is 0 Å². The van der Waals surface area contributed by atoms with Crippen molar-refractivity contribution < 1.29 is 23.1 Å². The molecule has 0 aliphatic heterocycles. The molecule has 1 heterocycles. The van der Waals surface area contributed by atoms with Gasteiger partial charge in [0.25, 0.3) is 10.0 Å². The molecule has 0 amide bonds. The molecule has 2 aromatic carbocycles. The van der Waals surface area contributed by atoms with Gasteiger partial charge >= 0.3 is 5.97 Å². The lowest BCUT2D eigenvalue weighted by atomic mass is 10.1. The fourth-order valence-corrected chi connectivity index (χ4v) is 3.59. The number of pyridine rings is 1. The third kappa shape index (κ3) is 6.09. The molecule has 1 aromatic heterocycles. The summed E-state index contributed by atoms with van der Waals surface area (Å²) in [6.45, 7) is 4.08. The van der Waals surface area contributed by atoms with Gasteiger partial charge in [0.1, 0.15) is 17.1 Å². The zero-order valence-corrected chi connectivity index (χ0v) is 18.4. The second-order valence-electron chi connectivity index (χ2n) is 7.32. The molecular weight excluding hydrogens is 428 g/mol. The standard InChI is InChI=1S/C24H22N2O5S/c1-17(2)16-31-24(28)21-15-19(10-13-22(21)27)7-6-18-8-11-20(12-9-18)32(29,30)26-23-5-3-4-14-25-23/h3-5,8-15,17,27H,16H2,1-2H3,(H,25,26). The third-order valence-electron chi connectivity index (χ3n) is 4.18. The quantitative estimate of drug-likeness (QED) is 0.437. The van der Waals surface area contributed by atoms with E-state index in [0.29, 0.717) is 11.1 Å². The van der Waals surface area contributed by atoms with Crippen molar-refractivity contribution in [2.75, 3.05) is 11.3 Å². The van der Waals surface area contributed by atoms with Gasteiger partial charge in [-0.1, -0.05) is 31.8 Å². The van der Waals surface area contributed by atoms with E-state index in [2.05, 4.69) is 21.5 Å². The van der Waals surface area contributed by atoms with Crippen LogP contribution in [0.3, 0.4) is 0 Å². The minimum atomic E-state index is -3.77. The zero-order chi connectivity index (χ0) is 23.1. The predicted octanol–water partition coefficient (Wildman–Crippen LogP) is 3.80. The number of anilines is 1. The molecule has 0 spiro atoms. The number of sulfonamides is 1. The minimum absolute atomic E-state index is 0.0412. The molecule has 3 aromatic rings. The average molecular weight is 451 g/mol. The van der Waals surface area contributed by atoms with Crippen LogP contribution in [-0.2, 0) is 14.8 Å². The number of ether oxygens (including phenoxy) is 1. The molecular formula is C24H22N2O5S. The summed E-state index contributed by atoms with van der Waals surface area (Å²) in [5.74, 6) is 5.42. The van der Waals surface area contributed by atoms with E-state index in [-0.39, 0.29) is 34.6 Å². The lowest BCUT2D eigenvalue weighted by molar-refractivity contribution is 0.0455. The minimum Gasteiger partial charge on any atom is -0.507 e. The number of phenolic OH excluding ortho intramolecular Hbond substituents is 1. The van der Waals surface area contributed by atoms with E-state index in [4.69, 9.17) is 4.74 Å². The van der Waals surface area contributed by atoms with Crippen LogP contribution < -0.4 is 4.72 Å². The average Bonchev–Trinajstić information content (AvgIpc) is 2.77. The van der Waals surface area contributed by atoms with E-state index in [9.17, 15) is 18.3 Å². The Bertz CT molecular complexity index is 1260. The van der Waals surface area contributed by atoms with Crippen LogP contribution in [0.25, 0.3) is 0 Å². The van der Waals surface area contributed by atoms with Gasteiger partial charge in [0, 0.05) is 17.3 Å². The lowest BCUT2D eigenvalue weighted by Crippen LogP contribution is -2.13. The van der Waals surface area contributed by atoms with Crippen LogP contribution in [0.15, 0.2) is 71.8 Å².